The number of hydrogen-bond acceptors (Lipinski definition) is 6. The van der Waals surface area contributed by atoms with Crippen LogP contribution in [0.4, 0.5) is 5.95 Å². The van der Waals surface area contributed by atoms with E-state index in [4.69, 9.17) is 0 Å². The summed E-state index contributed by atoms with van der Waals surface area (Å²) in [7, 11) is 0. The van der Waals surface area contributed by atoms with Gasteiger partial charge in [-0.25, -0.2) is 15.0 Å². The number of pyridine rings is 1. The maximum Gasteiger partial charge on any atom is 0.227 e. The Morgan fingerprint density at radius 3 is 3.15 bits per heavy atom. The minimum atomic E-state index is 0.362. The van der Waals surface area contributed by atoms with Gasteiger partial charge in [0, 0.05) is 36.8 Å². The number of hydrogen-bond donors (Lipinski definition) is 1. The lowest BCUT2D eigenvalue weighted by atomic mass is 10.1. The van der Waals surface area contributed by atoms with Gasteiger partial charge in [0.1, 0.15) is 12.2 Å². The molecule has 1 aliphatic rings. The van der Waals surface area contributed by atoms with Gasteiger partial charge in [0.15, 0.2) is 5.65 Å². The van der Waals surface area contributed by atoms with Crippen LogP contribution < -0.4 is 4.90 Å². The summed E-state index contributed by atoms with van der Waals surface area (Å²) in [6.07, 6.45) is 6.15. The molecule has 3 aromatic rings. The van der Waals surface area contributed by atoms with E-state index in [0.717, 1.165) is 42.3 Å². The van der Waals surface area contributed by atoms with Crippen molar-refractivity contribution >= 4 is 17.0 Å². The quantitative estimate of drug-likeness (QED) is 0.749. The Morgan fingerprint density at radius 1 is 1.25 bits per heavy atom. The minimum Gasteiger partial charge on any atom is -0.340 e. The normalized spacial score (nSPS) is 18.8. The summed E-state index contributed by atoms with van der Waals surface area (Å²) in [6.45, 7) is 1.78. The van der Waals surface area contributed by atoms with Crippen LogP contribution in [0.3, 0.4) is 0 Å². The molecular formula is C13H13N7. The van der Waals surface area contributed by atoms with Crippen molar-refractivity contribution in [3.63, 3.8) is 0 Å². The van der Waals surface area contributed by atoms with Crippen molar-refractivity contribution < 1.29 is 0 Å². The van der Waals surface area contributed by atoms with E-state index in [1.807, 2.05) is 18.3 Å². The summed E-state index contributed by atoms with van der Waals surface area (Å²) < 4.78 is 0. The number of anilines is 1. The number of rotatable bonds is 2. The van der Waals surface area contributed by atoms with E-state index >= 15 is 0 Å². The Bertz CT molecular complexity index is 724. The second kappa shape index (κ2) is 4.52. The molecule has 3 aromatic heterocycles. The molecule has 20 heavy (non-hydrogen) atoms. The molecule has 0 saturated carbocycles. The van der Waals surface area contributed by atoms with Gasteiger partial charge in [0.25, 0.3) is 0 Å². The minimum absolute atomic E-state index is 0.362. The van der Waals surface area contributed by atoms with E-state index in [-0.39, 0.29) is 0 Å². The predicted molar refractivity (Wildman–Crippen MR) is 73.3 cm³/mol. The SMILES string of the molecule is c1cnc2nc(N3CCC(c4ncn[nH]4)C3)ncc2c1. The van der Waals surface area contributed by atoms with Crippen molar-refractivity contribution in [2.45, 2.75) is 12.3 Å². The lowest BCUT2D eigenvalue weighted by Crippen LogP contribution is -2.22. The third kappa shape index (κ3) is 1.87. The van der Waals surface area contributed by atoms with Gasteiger partial charge in [-0.3, -0.25) is 5.10 Å². The highest BCUT2D eigenvalue weighted by atomic mass is 15.3. The van der Waals surface area contributed by atoms with Crippen molar-refractivity contribution in [2.24, 2.45) is 0 Å². The van der Waals surface area contributed by atoms with Crippen LogP contribution in [0.1, 0.15) is 18.2 Å². The predicted octanol–water partition coefficient (Wildman–Crippen LogP) is 1.14. The van der Waals surface area contributed by atoms with E-state index in [2.05, 4.69) is 35.0 Å². The largest absolute Gasteiger partial charge is 0.340 e. The molecule has 0 spiro atoms. The fraction of sp³-hybridized carbons (Fsp3) is 0.308. The maximum atomic E-state index is 4.53. The molecule has 4 rings (SSSR count). The molecule has 0 bridgehead atoms. The summed E-state index contributed by atoms with van der Waals surface area (Å²) in [5.74, 6) is 2.03. The first-order chi connectivity index (χ1) is 9.90. The standard InChI is InChI=1S/C13H13N7/c1-2-9-6-15-13(18-11(9)14-4-1)20-5-3-10(7-20)12-16-8-17-19-12/h1-2,4,6,8,10H,3,5,7H2,(H,16,17,19). The van der Waals surface area contributed by atoms with Crippen LogP contribution in [0, 0.1) is 0 Å². The first-order valence-corrected chi connectivity index (χ1v) is 6.58. The molecule has 7 nitrogen and oxygen atoms in total. The summed E-state index contributed by atoms with van der Waals surface area (Å²) in [5.41, 5.74) is 0.737. The molecule has 100 valence electrons. The molecule has 1 fully saturated rings. The van der Waals surface area contributed by atoms with Crippen LogP contribution in [0.5, 0.6) is 0 Å². The Kier molecular flexibility index (Phi) is 2.55. The van der Waals surface area contributed by atoms with Crippen molar-refractivity contribution in [1.82, 2.24) is 30.1 Å². The summed E-state index contributed by atoms with van der Waals surface area (Å²) in [6, 6.07) is 3.86. The molecule has 0 aromatic carbocycles. The average molecular weight is 267 g/mol. The van der Waals surface area contributed by atoms with Gasteiger partial charge in [-0.1, -0.05) is 0 Å². The molecule has 0 aliphatic carbocycles. The fourth-order valence-corrected chi connectivity index (χ4v) is 2.58. The third-order valence-electron chi connectivity index (χ3n) is 3.63. The number of aromatic amines is 1. The molecule has 4 heterocycles. The second-order valence-corrected chi connectivity index (χ2v) is 4.89. The van der Waals surface area contributed by atoms with Crippen LogP contribution in [0.2, 0.25) is 0 Å². The maximum absolute atomic E-state index is 4.53. The summed E-state index contributed by atoms with van der Waals surface area (Å²) in [4.78, 5) is 19.6. The van der Waals surface area contributed by atoms with E-state index in [0.29, 0.717) is 5.92 Å². The lowest BCUT2D eigenvalue weighted by molar-refractivity contribution is 0.713. The van der Waals surface area contributed by atoms with Gasteiger partial charge in [-0.2, -0.15) is 10.1 Å². The molecule has 1 aliphatic heterocycles. The van der Waals surface area contributed by atoms with Crippen molar-refractivity contribution in [1.29, 1.82) is 0 Å². The Morgan fingerprint density at radius 2 is 2.25 bits per heavy atom. The van der Waals surface area contributed by atoms with Gasteiger partial charge in [0.2, 0.25) is 5.95 Å². The first-order valence-electron chi connectivity index (χ1n) is 6.58. The van der Waals surface area contributed by atoms with E-state index in [9.17, 15) is 0 Å². The zero-order valence-electron chi connectivity index (χ0n) is 10.8. The number of nitrogens with one attached hydrogen (secondary N) is 1. The van der Waals surface area contributed by atoms with Crippen molar-refractivity contribution in [3.8, 4) is 0 Å². The zero-order chi connectivity index (χ0) is 13.4. The van der Waals surface area contributed by atoms with Crippen molar-refractivity contribution in [3.05, 3.63) is 36.7 Å². The third-order valence-corrected chi connectivity index (χ3v) is 3.63. The van der Waals surface area contributed by atoms with Gasteiger partial charge < -0.3 is 4.90 Å². The number of aromatic nitrogens is 6. The zero-order valence-corrected chi connectivity index (χ0v) is 10.8. The van der Waals surface area contributed by atoms with Gasteiger partial charge in [0.05, 0.1) is 0 Å². The smallest absolute Gasteiger partial charge is 0.227 e. The molecule has 1 N–H and O–H groups in total. The monoisotopic (exact) mass is 267 g/mol. The topological polar surface area (TPSA) is 83.5 Å². The highest BCUT2D eigenvalue weighted by Gasteiger charge is 2.27. The van der Waals surface area contributed by atoms with Gasteiger partial charge >= 0.3 is 0 Å². The molecule has 1 atom stereocenters. The number of fused-ring (bicyclic) bond motifs is 1. The van der Waals surface area contributed by atoms with Crippen LogP contribution >= 0.6 is 0 Å². The molecule has 1 unspecified atom stereocenters. The van der Waals surface area contributed by atoms with Crippen LogP contribution in [-0.4, -0.2) is 43.2 Å². The van der Waals surface area contributed by atoms with Crippen LogP contribution in [-0.2, 0) is 0 Å². The Hall–Kier alpha value is -2.57. The van der Waals surface area contributed by atoms with Gasteiger partial charge in [-0.15, -0.1) is 0 Å². The highest BCUT2D eigenvalue weighted by Crippen LogP contribution is 2.27. The first kappa shape index (κ1) is 11.3. The van der Waals surface area contributed by atoms with E-state index in [1.165, 1.54) is 0 Å². The molecular weight excluding hydrogens is 254 g/mol. The van der Waals surface area contributed by atoms with Crippen LogP contribution in [0.25, 0.3) is 11.0 Å². The molecule has 0 amide bonds. The molecule has 0 radical (unpaired) electrons. The lowest BCUT2D eigenvalue weighted by Gasteiger charge is -2.15. The van der Waals surface area contributed by atoms with E-state index in [1.54, 1.807) is 12.5 Å². The van der Waals surface area contributed by atoms with Gasteiger partial charge in [-0.05, 0) is 18.6 Å². The highest BCUT2D eigenvalue weighted by molar-refractivity contribution is 5.74. The average Bonchev–Trinajstić information content (AvgIpc) is 3.17. The Balaban J connectivity index is 1.61. The number of H-pyrrole nitrogens is 1. The van der Waals surface area contributed by atoms with Crippen molar-refractivity contribution in [2.75, 3.05) is 18.0 Å². The molecule has 1 saturated heterocycles. The van der Waals surface area contributed by atoms with Crippen LogP contribution in [0.15, 0.2) is 30.9 Å². The Labute approximate surface area is 115 Å². The molecule has 7 heteroatoms. The van der Waals surface area contributed by atoms with E-state index < -0.39 is 0 Å². The number of nitrogens with zero attached hydrogens (tertiary/aromatic N) is 6. The second-order valence-electron chi connectivity index (χ2n) is 4.89. The summed E-state index contributed by atoms with van der Waals surface area (Å²) in [5, 5.41) is 7.81. The fourth-order valence-electron chi connectivity index (χ4n) is 2.58. The summed E-state index contributed by atoms with van der Waals surface area (Å²) >= 11 is 0.